The van der Waals surface area contributed by atoms with Crippen molar-refractivity contribution < 1.29 is 9.13 Å². The maximum atomic E-state index is 16.7. The lowest BCUT2D eigenvalue weighted by Gasteiger charge is -2.34. The van der Waals surface area contributed by atoms with E-state index in [4.69, 9.17) is 25.4 Å². The van der Waals surface area contributed by atoms with Gasteiger partial charge in [-0.1, -0.05) is 11.3 Å². The van der Waals surface area contributed by atoms with Gasteiger partial charge in [-0.3, -0.25) is 9.88 Å². The Bertz CT molecular complexity index is 1670. The number of thiazole rings is 1. The zero-order valence-electron chi connectivity index (χ0n) is 23.5. The molecule has 2 unspecified atom stereocenters. The molecule has 4 aliphatic rings. The quantitative estimate of drug-likeness (QED) is 0.354. The SMILES string of the molecule is Cc1cc2sc(N)nc2c(-c2ncc3c(N4CC5CCC(C4)N5)nc(OCC45CCCN4CCC5)nc3c2F)c1C. The Labute approximate surface area is 242 Å². The van der Waals surface area contributed by atoms with Gasteiger partial charge in [0.2, 0.25) is 0 Å². The Kier molecular flexibility index (Phi) is 5.88. The molecule has 214 valence electrons. The number of fused-ring (bicyclic) bond motifs is 5. The van der Waals surface area contributed by atoms with Gasteiger partial charge in [-0.2, -0.15) is 9.97 Å². The molecule has 0 aliphatic carbocycles. The molecule has 2 atom stereocenters. The van der Waals surface area contributed by atoms with Gasteiger partial charge in [0.15, 0.2) is 10.9 Å². The molecule has 4 fully saturated rings. The summed E-state index contributed by atoms with van der Waals surface area (Å²) in [5.41, 5.74) is 9.91. The highest BCUT2D eigenvalue weighted by Crippen LogP contribution is 2.41. The monoisotopic (exact) mass is 574 g/mol. The van der Waals surface area contributed by atoms with E-state index in [-0.39, 0.29) is 22.8 Å². The van der Waals surface area contributed by atoms with E-state index < -0.39 is 5.82 Å². The van der Waals surface area contributed by atoms with Crippen molar-refractivity contribution in [3.63, 3.8) is 0 Å². The maximum Gasteiger partial charge on any atom is 0.319 e. The van der Waals surface area contributed by atoms with E-state index in [1.54, 1.807) is 6.20 Å². The number of piperazine rings is 1. The Morgan fingerprint density at radius 1 is 1.10 bits per heavy atom. The molecule has 41 heavy (non-hydrogen) atoms. The number of benzene rings is 1. The summed E-state index contributed by atoms with van der Waals surface area (Å²) in [7, 11) is 0. The van der Waals surface area contributed by atoms with E-state index >= 15 is 4.39 Å². The molecule has 7 heterocycles. The Morgan fingerprint density at radius 3 is 2.61 bits per heavy atom. The van der Waals surface area contributed by atoms with Gasteiger partial charge >= 0.3 is 6.01 Å². The second kappa shape index (κ2) is 9.43. The van der Waals surface area contributed by atoms with Gasteiger partial charge in [0.1, 0.15) is 23.6 Å². The topological polar surface area (TPSA) is 105 Å². The van der Waals surface area contributed by atoms with Crippen LogP contribution in [0.4, 0.5) is 15.3 Å². The molecule has 0 saturated carbocycles. The fourth-order valence-electron chi connectivity index (χ4n) is 7.73. The minimum Gasteiger partial charge on any atom is -0.461 e. The lowest BCUT2D eigenvalue weighted by molar-refractivity contribution is 0.108. The molecule has 9 nitrogen and oxygen atoms in total. The first kappa shape index (κ1) is 25.6. The normalized spacial score (nSPS) is 23.6. The maximum absolute atomic E-state index is 16.7. The van der Waals surface area contributed by atoms with E-state index in [9.17, 15) is 0 Å². The molecular formula is C30H35FN8OS. The van der Waals surface area contributed by atoms with Gasteiger partial charge < -0.3 is 20.7 Å². The van der Waals surface area contributed by atoms with E-state index in [2.05, 4.69) is 26.2 Å². The third-order valence-corrected chi connectivity index (χ3v) is 10.7. The summed E-state index contributed by atoms with van der Waals surface area (Å²) in [6.07, 6.45) is 8.63. The summed E-state index contributed by atoms with van der Waals surface area (Å²) >= 11 is 1.40. The first-order valence-corrected chi connectivity index (χ1v) is 15.6. The molecule has 0 spiro atoms. The van der Waals surface area contributed by atoms with Crippen LogP contribution in [0.1, 0.15) is 49.7 Å². The minimum absolute atomic E-state index is 0.0451. The lowest BCUT2D eigenvalue weighted by atomic mass is 9.95. The number of nitrogen functional groups attached to an aromatic ring is 1. The number of nitrogens with one attached hydrogen (secondary N) is 1. The molecule has 4 aliphatic heterocycles. The molecule has 0 radical (unpaired) electrons. The van der Waals surface area contributed by atoms with E-state index in [1.165, 1.54) is 24.2 Å². The van der Waals surface area contributed by atoms with Crippen LogP contribution in [0, 0.1) is 19.7 Å². The summed E-state index contributed by atoms with van der Waals surface area (Å²) in [4.78, 5) is 23.7. The highest BCUT2D eigenvalue weighted by atomic mass is 32.1. The molecular weight excluding hydrogens is 539 g/mol. The highest BCUT2D eigenvalue weighted by Gasteiger charge is 2.45. The van der Waals surface area contributed by atoms with Crippen LogP contribution in [0.5, 0.6) is 6.01 Å². The summed E-state index contributed by atoms with van der Waals surface area (Å²) in [5, 5.41) is 4.75. The molecule has 8 rings (SSSR count). The number of aryl methyl sites for hydroxylation is 1. The number of rotatable bonds is 5. The predicted molar refractivity (Wildman–Crippen MR) is 160 cm³/mol. The number of anilines is 2. The average Bonchev–Trinajstić information content (AvgIpc) is 3.72. The fourth-order valence-corrected chi connectivity index (χ4v) is 8.57. The summed E-state index contributed by atoms with van der Waals surface area (Å²) in [6.45, 7) is 8.40. The smallest absolute Gasteiger partial charge is 0.319 e. The van der Waals surface area contributed by atoms with Crippen LogP contribution in [0.3, 0.4) is 0 Å². The Hall–Kier alpha value is -3.15. The van der Waals surface area contributed by atoms with Crippen molar-refractivity contribution in [2.24, 2.45) is 0 Å². The molecule has 3 aromatic heterocycles. The van der Waals surface area contributed by atoms with Gasteiger partial charge in [-0.05, 0) is 82.7 Å². The number of ether oxygens (including phenoxy) is 1. The number of hydrogen-bond donors (Lipinski definition) is 2. The second-order valence-electron chi connectivity index (χ2n) is 12.4. The molecule has 3 N–H and O–H groups in total. The Balaban J connectivity index is 1.27. The largest absolute Gasteiger partial charge is 0.461 e. The number of hydrogen-bond acceptors (Lipinski definition) is 10. The molecule has 4 saturated heterocycles. The van der Waals surface area contributed by atoms with Crippen LogP contribution in [0.2, 0.25) is 0 Å². The molecule has 0 amide bonds. The van der Waals surface area contributed by atoms with Gasteiger partial charge in [-0.25, -0.2) is 9.37 Å². The van der Waals surface area contributed by atoms with E-state index in [1.807, 2.05) is 13.8 Å². The summed E-state index contributed by atoms with van der Waals surface area (Å²) < 4.78 is 24.1. The van der Waals surface area contributed by atoms with Crippen LogP contribution >= 0.6 is 11.3 Å². The van der Waals surface area contributed by atoms with Crippen LogP contribution in [-0.2, 0) is 0 Å². The molecule has 11 heteroatoms. The number of nitrogens with zero attached hydrogens (tertiary/aromatic N) is 6. The highest BCUT2D eigenvalue weighted by molar-refractivity contribution is 7.22. The van der Waals surface area contributed by atoms with Crippen LogP contribution in [0.15, 0.2) is 12.3 Å². The van der Waals surface area contributed by atoms with E-state index in [0.29, 0.717) is 46.1 Å². The van der Waals surface area contributed by atoms with Crippen molar-refractivity contribution >= 4 is 43.4 Å². The average molecular weight is 575 g/mol. The van der Waals surface area contributed by atoms with Crippen molar-refractivity contribution in [1.29, 1.82) is 0 Å². The number of halogens is 1. The van der Waals surface area contributed by atoms with E-state index in [0.717, 1.165) is 67.7 Å². The van der Waals surface area contributed by atoms with Crippen LogP contribution in [0.25, 0.3) is 32.4 Å². The van der Waals surface area contributed by atoms with Gasteiger partial charge in [0.05, 0.1) is 21.1 Å². The van der Waals surface area contributed by atoms with Gasteiger partial charge in [-0.15, -0.1) is 0 Å². The van der Waals surface area contributed by atoms with Crippen molar-refractivity contribution in [1.82, 2.24) is 30.2 Å². The second-order valence-corrected chi connectivity index (χ2v) is 13.4. The third kappa shape index (κ3) is 4.07. The van der Waals surface area contributed by atoms with Crippen molar-refractivity contribution in [2.45, 2.75) is 70.0 Å². The number of pyridine rings is 1. The number of aromatic nitrogens is 4. The van der Waals surface area contributed by atoms with Crippen molar-refractivity contribution in [3.8, 4) is 17.3 Å². The van der Waals surface area contributed by atoms with Gasteiger partial charge in [0.25, 0.3) is 0 Å². The van der Waals surface area contributed by atoms with Gasteiger partial charge in [0, 0.05) is 36.9 Å². The molecule has 2 bridgehead atoms. The summed E-state index contributed by atoms with van der Waals surface area (Å²) in [5.74, 6) is 0.231. The minimum atomic E-state index is -0.475. The number of nitrogens with two attached hydrogens (primary N) is 1. The lowest BCUT2D eigenvalue weighted by Crippen LogP contribution is -2.51. The first-order chi connectivity index (χ1) is 19.9. The van der Waals surface area contributed by atoms with Crippen LogP contribution < -0.4 is 20.7 Å². The predicted octanol–water partition coefficient (Wildman–Crippen LogP) is 4.59. The van der Waals surface area contributed by atoms with Crippen molar-refractivity contribution in [2.75, 3.05) is 43.4 Å². The Morgan fingerprint density at radius 2 is 1.85 bits per heavy atom. The first-order valence-electron chi connectivity index (χ1n) is 14.8. The fraction of sp³-hybridized carbons (Fsp3) is 0.533. The standard InChI is InChI=1S/C30H35FN8OS/c1-16-11-21-25(35-28(32)41-21)22(17(16)2)26-23(31)24-20(12-33-26)27(38-13-18-5-6-19(14-38)34-18)37-29(36-24)40-15-30-7-3-9-39(30)10-4-8-30/h11-12,18-19,34H,3-10,13-15H2,1-2H3,(H2,32,35). The third-order valence-electron chi connectivity index (χ3n) is 9.90. The van der Waals surface area contributed by atoms with Crippen molar-refractivity contribution in [3.05, 3.63) is 29.2 Å². The van der Waals surface area contributed by atoms with Crippen LogP contribution in [-0.4, -0.2) is 75.2 Å². The zero-order chi connectivity index (χ0) is 27.9. The molecule has 1 aromatic carbocycles. The zero-order valence-corrected chi connectivity index (χ0v) is 24.4. The summed E-state index contributed by atoms with van der Waals surface area (Å²) in [6, 6.07) is 3.11. The molecule has 4 aromatic rings.